The molecular formula is C10H8N2O3. The molecule has 76 valence electrons. The predicted molar refractivity (Wildman–Crippen MR) is 53.7 cm³/mol. The number of rotatable bonds is 1. The van der Waals surface area contributed by atoms with Gasteiger partial charge in [-0.3, -0.25) is 4.79 Å². The van der Waals surface area contributed by atoms with Crippen molar-refractivity contribution in [2.24, 2.45) is 0 Å². The quantitative estimate of drug-likeness (QED) is 0.694. The topological polar surface area (TPSA) is 72.1 Å². The van der Waals surface area contributed by atoms with Crippen molar-refractivity contribution in [2.75, 3.05) is 7.11 Å². The molecule has 1 N–H and O–H groups in total. The molecule has 2 heterocycles. The monoisotopic (exact) mass is 204 g/mol. The Morgan fingerprint density at radius 2 is 2.20 bits per heavy atom. The Hall–Kier alpha value is -2.17. The maximum absolute atomic E-state index is 11.3. The number of methoxy groups -OCH3 is 1. The summed E-state index contributed by atoms with van der Waals surface area (Å²) in [6.45, 7) is 0. The van der Waals surface area contributed by atoms with Crippen molar-refractivity contribution < 1.29 is 9.53 Å². The largest absolute Gasteiger partial charge is 0.464 e. The Morgan fingerprint density at radius 1 is 1.40 bits per heavy atom. The molecule has 0 spiro atoms. The Kier molecular flexibility index (Phi) is 2.21. The lowest BCUT2D eigenvalue weighted by Crippen LogP contribution is -2.08. The van der Waals surface area contributed by atoms with Gasteiger partial charge in [-0.1, -0.05) is 0 Å². The molecule has 0 saturated heterocycles. The molecule has 0 saturated carbocycles. The van der Waals surface area contributed by atoms with Crippen LogP contribution in [0.25, 0.3) is 10.9 Å². The number of aromatic nitrogens is 2. The lowest BCUT2D eigenvalue weighted by Gasteiger charge is -1.99. The molecule has 5 heteroatoms. The molecule has 2 aromatic heterocycles. The van der Waals surface area contributed by atoms with Crippen LogP contribution in [0.1, 0.15) is 10.5 Å². The van der Waals surface area contributed by atoms with Crippen molar-refractivity contribution in [1.29, 1.82) is 0 Å². The van der Waals surface area contributed by atoms with Gasteiger partial charge in [0.25, 0.3) is 5.56 Å². The van der Waals surface area contributed by atoms with Crippen LogP contribution in [-0.2, 0) is 4.74 Å². The summed E-state index contributed by atoms with van der Waals surface area (Å²) in [6, 6.07) is 4.64. The first-order chi connectivity index (χ1) is 7.22. The maximum Gasteiger partial charge on any atom is 0.356 e. The molecule has 2 rings (SSSR count). The number of aromatic amines is 1. The Balaban J connectivity index is 2.67. The molecule has 0 aliphatic heterocycles. The van der Waals surface area contributed by atoms with Gasteiger partial charge in [0.15, 0.2) is 0 Å². The minimum absolute atomic E-state index is 0.190. The van der Waals surface area contributed by atoms with Gasteiger partial charge in [-0.25, -0.2) is 9.78 Å². The highest BCUT2D eigenvalue weighted by Crippen LogP contribution is 2.07. The van der Waals surface area contributed by atoms with Crippen molar-refractivity contribution in [3.8, 4) is 0 Å². The van der Waals surface area contributed by atoms with Crippen LogP contribution in [0.2, 0.25) is 0 Å². The van der Waals surface area contributed by atoms with Crippen LogP contribution in [0.5, 0.6) is 0 Å². The molecular weight excluding hydrogens is 196 g/mol. The summed E-state index contributed by atoms with van der Waals surface area (Å²) in [4.78, 5) is 29.0. The van der Waals surface area contributed by atoms with E-state index in [1.165, 1.54) is 19.4 Å². The maximum atomic E-state index is 11.3. The number of nitrogens with one attached hydrogen (secondary N) is 1. The van der Waals surface area contributed by atoms with Crippen LogP contribution in [0.4, 0.5) is 0 Å². The molecule has 0 aliphatic rings. The first-order valence-electron chi connectivity index (χ1n) is 4.29. The average molecular weight is 204 g/mol. The highest BCUT2D eigenvalue weighted by molar-refractivity contribution is 5.90. The minimum atomic E-state index is -0.516. The zero-order chi connectivity index (χ0) is 10.8. The van der Waals surface area contributed by atoms with Gasteiger partial charge in [0, 0.05) is 6.20 Å². The fourth-order valence-electron chi connectivity index (χ4n) is 1.29. The van der Waals surface area contributed by atoms with Gasteiger partial charge in [0.2, 0.25) is 0 Å². The normalized spacial score (nSPS) is 10.2. The molecule has 15 heavy (non-hydrogen) atoms. The van der Waals surface area contributed by atoms with Crippen molar-refractivity contribution in [3.63, 3.8) is 0 Å². The van der Waals surface area contributed by atoms with E-state index in [9.17, 15) is 9.59 Å². The second kappa shape index (κ2) is 3.53. The molecule has 5 nitrogen and oxygen atoms in total. The molecule has 0 unspecified atom stereocenters. The number of nitrogens with zero attached hydrogens (tertiary/aromatic N) is 1. The highest BCUT2D eigenvalue weighted by Gasteiger charge is 2.08. The van der Waals surface area contributed by atoms with Crippen LogP contribution in [0, 0.1) is 0 Å². The van der Waals surface area contributed by atoms with E-state index < -0.39 is 5.97 Å². The minimum Gasteiger partial charge on any atom is -0.464 e. The van der Waals surface area contributed by atoms with Gasteiger partial charge in [-0.05, 0) is 18.2 Å². The number of hydrogen-bond acceptors (Lipinski definition) is 4. The molecule has 0 radical (unpaired) electrons. The summed E-state index contributed by atoms with van der Waals surface area (Å²) >= 11 is 0. The third-order valence-corrected chi connectivity index (χ3v) is 2.02. The summed E-state index contributed by atoms with van der Waals surface area (Å²) in [5.41, 5.74) is 0.439. The standard InChI is InChI=1S/C10H8N2O3/c1-15-10(14)8-3-2-6-7(12-8)4-5-11-9(6)13/h2-5H,1H3,(H,11,13). The van der Waals surface area contributed by atoms with E-state index in [0.717, 1.165) is 0 Å². The second-order valence-electron chi connectivity index (χ2n) is 2.93. The zero-order valence-corrected chi connectivity index (χ0v) is 7.98. The first-order valence-corrected chi connectivity index (χ1v) is 4.29. The lowest BCUT2D eigenvalue weighted by molar-refractivity contribution is 0.0594. The van der Waals surface area contributed by atoms with E-state index in [4.69, 9.17) is 0 Å². The molecule has 0 bridgehead atoms. The summed E-state index contributed by atoms with van der Waals surface area (Å²) in [5, 5.41) is 0.449. The fourth-order valence-corrected chi connectivity index (χ4v) is 1.29. The molecule has 2 aromatic rings. The van der Waals surface area contributed by atoms with Crippen LogP contribution >= 0.6 is 0 Å². The summed E-state index contributed by atoms with van der Waals surface area (Å²) in [5.74, 6) is -0.516. The Labute approximate surface area is 84.7 Å². The SMILES string of the molecule is COC(=O)c1ccc2c(=O)[nH]ccc2n1. The fraction of sp³-hybridized carbons (Fsp3) is 0.100. The number of carbonyl (C=O) groups excluding carboxylic acids is 1. The number of H-pyrrole nitrogens is 1. The van der Waals surface area contributed by atoms with E-state index in [1.54, 1.807) is 12.1 Å². The second-order valence-corrected chi connectivity index (χ2v) is 2.93. The Morgan fingerprint density at radius 3 is 2.93 bits per heavy atom. The van der Waals surface area contributed by atoms with Crippen LogP contribution in [-0.4, -0.2) is 23.0 Å². The lowest BCUT2D eigenvalue weighted by atomic mass is 10.2. The smallest absolute Gasteiger partial charge is 0.356 e. The summed E-state index contributed by atoms with van der Waals surface area (Å²) in [7, 11) is 1.28. The molecule has 0 aliphatic carbocycles. The van der Waals surface area contributed by atoms with E-state index in [-0.39, 0.29) is 11.3 Å². The number of carbonyl (C=O) groups is 1. The molecule has 0 fully saturated rings. The number of esters is 1. The van der Waals surface area contributed by atoms with Gasteiger partial charge < -0.3 is 9.72 Å². The summed E-state index contributed by atoms with van der Waals surface area (Å²) in [6.07, 6.45) is 1.48. The Bertz CT molecular complexity index is 574. The third-order valence-electron chi connectivity index (χ3n) is 2.02. The zero-order valence-electron chi connectivity index (χ0n) is 7.98. The first kappa shape index (κ1) is 9.39. The van der Waals surface area contributed by atoms with Gasteiger partial charge in [0.05, 0.1) is 18.0 Å². The van der Waals surface area contributed by atoms with E-state index in [1.807, 2.05) is 0 Å². The summed E-state index contributed by atoms with van der Waals surface area (Å²) < 4.78 is 4.53. The van der Waals surface area contributed by atoms with Gasteiger partial charge in [-0.2, -0.15) is 0 Å². The number of pyridine rings is 2. The molecule has 0 aromatic carbocycles. The third kappa shape index (κ3) is 1.59. The van der Waals surface area contributed by atoms with Crippen LogP contribution in [0.3, 0.4) is 0 Å². The van der Waals surface area contributed by atoms with E-state index in [2.05, 4.69) is 14.7 Å². The number of fused-ring (bicyclic) bond motifs is 1. The highest BCUT2D eigenvalue weighted by atomic mass is 16.5. The molecule has 0 amide bonds. The van der Waals surface area contributed by atoms with E-state index in [0.29, 0.717) is 10.9 Å². The average Bonchev–Trinajstić information content (AvgIpc) is 2.28. The van der Waals surface area contributed by atoms with Crippen molar-refractivity contribution in [3.05, 3.63) is 40.4 Å². The van der Waals surface area contributed by atoms with Gasteiger partial charge in [0.1, 0.15) is 5.69 Å². The number of hydrogen-bond donors (Lipinski definition) is 1. The predicted octanol–water partition coefficient (Wildman–Crippen LogP) is 0.710. The van der Waals surface area contributed by atoms with Crippen molar-refractivity contribution >= 4 is 16.9 Å². The van der Waals surface area contributed by atoms with Crippen molar-refractivity contribution in [2.45, 2.75) is 0 Å². The van der Waals surface area contributed by atoms with Crippen LogP contribution < -0.4 is 5.56 Å². The van der Waals surface area contributed by atoms with E-state index >= 15 is 0 Å². The van der Waals surface area contributed by atoms with Gasteiger partial charge >= 0.3 is 5.97 Å². The van der Waals surface area contributed by atoms with Crippen LogP contribution in [0.15, 0.2) is 29.2 Å². The van der Waals surface area contributed by atoms with Gasteiger partial charge in [-0.15, -0.1) is 0 Å². The molecule has 0 atom stereocenters. The van der Waals surface area contributed by atoms with Crippen molar-refractivity contribution in [1.82, 2.24) is 9.97 Å². The number of ether oxygens (including phenoxy) is 1.